The van der Waals surface area contributed by atoms with Gasteiger partial charge in [0, 0.05) is 37.2 Å². The smallest absolute Gasteiger partial charge is 0.0717 e. The second-order valence-electron chi connectivity index (χ2n) is 4.32. The maximum atomic E-state index is 9.29. The number of nitrogens with zero attached hydrogens (tertiary/aromatic N) is 2. The van der Waals surface area contributed by atoms with E-state index in [0.29, 0.717) is 0 Å². The molecule has 0 radical (unpaired) electrons. The summed E-state index contributed by atoms with van der Waals surface area (Å²) in [5.41, 5.74) is 3.24. The number of benzene rings is 1. The van der Waals surface area contributed by atoms with Crippen LogP contribution in [0.1, 0.15) is 11.1 Å². The number of anilines is 1. The van der Waals surface area contributed by atoms with E-state index in [1.54, 1.807) is 12.4 Å². The van der Waals surface area contributed by atoms with Crippen molar-refractivity contribution in [3.05, 3.63) is 59.9 Å². The molecule has 3 nitrogen and oxygen atoms in total. The third-order valence-electron chi connectivity index (χ3n) is 3.04. The summed E-state index contributed by atoms with van der Waals surface area (Å²) in [5.74, 6) is 0. The molecule has 0 atom stereocenters. The van der Waals surface area contributed by atoms with Gasteiger partial charge in [-0.15, -0.1) is 0 Å². The van der Waals surface area contributed by atoms with Gasteiger partial charge in [-0.2, -0.15) is 0 Å². The van der Waals surface area contributed by atoms with Crippen LogP contribution in [0.15, 0.2) is 48.8 Å². The summed E-state index contributed by atoms with van der Waals surface area (Å²) < 4.78 is 0. The van der Waals surface area contributed by atoms with E-state index >= 15 is 0 Å². The van der Waals surface area contributed by atoms with Crippen LogP contribution in [0.3, 0.4) is 0 Å². The highest BCUT2D eigenvalue weighted by Gasteiger charge is 2.06. The van der Waals surface area contributed by atoms with Crippen molar-refractivity contribution in [2.24, 2.45) is 0 Å². The molecule has 1 aromatic heterocycles. The van der Waals surface area contributed by atoms with Crippen molar-refractivity contribution in [2.45, 2.75) is 13.0 Å². The molecule has 0 fully saturated rings. The average molecular weight is 242 g/mol. The van der Waals surface area contributed by atoms with Gasteiger partial charge in [0.1, 0.15) is 0 Å². The van der Waals surface area contributed by atoms with Crippen LogP contribution < -0.4 is 4.90 Å². The predicted molar refractivity (Wildman–Crippen MR) is 73.6 cm³/mol. The van der Waals surface area contributed by atoms with E-state index < -0.39 is 0 Å². The van der Waals surface area contributed by atoms with Gasteiger partial charge in [-0.05, 0) is 18.1 Å². The molecular formula is C15H18N2O. The number of hydrogen-bond acceptors (Lipinski definition) is 3. The SMILES string of the molecule is CN(CCc1ccccc1)c1ccncc1CO. The van der Waals surface area contributed by atoms with Gasteiger partial charge in [0.25, 0.3) is 0 Å². The molecule has 0 aliphatic rings. The fourth-order valence-electron chi connectivity index (χ4n) is 1.98. The molecule has 3 heteroatoms. The second-order valence-corrected chi connectivity index (χ2v) is 4.32. The molecule has 18 heavy (non-hydrogen) atoms. The number of aromatic nitrogens is 1. The quantitative estimate of drug-likeness (QED) is 0.873. The zero-order chi connectivity index (χ0) is 12.8. The zero-order valence-corrected chi connectivity index (χ0v) is 10.6. The first-order chi connectivity index (χ1) is 8.81. The minimum Gasteiger partial charge on any atom is -0.392 e. The lowest BCUT2D eigenvalue weighted by Crippen LogP contribution is -2.21. The van der Waals surface area contributed by atoms with Crippen LogP contribution >= 0.6 is 0 Å². The van der Waals surface area contributed by atoms with Gasteiger partial charge in [0.05, 0.1) is 6.61 Å². The third kappa shape index (κ3) is 3.08. The van der Waals surface area contributed by atoms with Crippen molar-refractivity contribution < 1.29 is 5.11 Å². The molecule has 94 valence electrons. The van der Waals surface area contributed by atoms with E-state index in [2.05, 4.69) is 34.1 Å². The Morgan fingerprint density at radius 3 is 2.67 bits per heavy atom. The van der Waals surface area contributed by atoms with Crippen molar-refractivity contribution in [3.8, 4) is 0 Å². The van der Waals surface area contributed by atoms with E-state index in [-0.39, 0.29) is 6.61 Å². The summed E-state index contributed by atoms with van der Waals surface area (Å²) in [5, 5.41) is 9.29. The molecular weight excluding hydrogens is 224 g/mol. The van der Waals surface area contributed by atoms with E-state index in [9.17, 15) is 5.11 Å². The van der Waals surface area contributed by atoms with E-state index in [1.165, 1.54) is 5.56 Å². The first-order valence-corrected chi connectivity index (χ1v) is 6.10. The minimum atomic E-state index is 0.0266. The van der Waals surface area contributed by atoms with Gasteiger partial charge in [0.2, 0.25) is 0 Å². The lowest BCUT2D eigenvalue weighted by molar-refractivity contribution is 0.281. The zero-order valence-electron chi connectivity index (χ0n) is 10.6. The van der Waals surface area contributed by atoms with Crippen molar-refractivity contribution in [2.75, 3.05) is 18.5 Å². The molecule has 0 amide bonds. The lowest BCUT2D eigenvalue weighted by Gasteiger charge is -2.21. The molecule has 0 saturated heterocycles. The standard InChI is InChI=1S/C15H18N2O/c1-17(10-8-13-5-3-2-4-6-13)15-7-9-16-11-14(15)12-18/h2-7,9,11,18H,8,10,12H2,1H3. The van der Waals surface area contributed by atoms with Crippen LogP contribution in [-0.4, -0.2) is 23.7 Å². The van der Waals surface area contributed by atoms with Gasteiger partial charge in [0.15, 0.2) is 0 Å². The topological polar surface area (TPSA) is 36.4 Å². The average Bonchev–Trinajstić information content (AvgIpc) is 2.45. The van der Waals surface area contributed by atoms with Gasteiger partial charge in [-0.3, -0.25) is 4.98 Å². The predicted octanol–water partition coefficient (Wildman–Crippen LogP) is 2.25. The van der Waals surface area contributed by atoms with Gasteiger partial charge in [-0.1, -0.05) is 30.3 Å². The second kappa shape index (κ2) is 6.17. The van der Waals surface area contributed by atoms with E-state index in [4.69, 9.17) is 0 Å². The fourth-order valence-corrected chi connectivity index (χ4v) is 1.98. The van der Waals surface area contributed by atoms with Gasteiger partial charge < -0.3 is 10.0 Å². The van der Waals surface area contributed by atoms with Gasteiger partial charge in [-0.25, -0.2) is 0 Å². The Morgan fingerprint density at radius 2 is 1.94 bits per heavy atom. The monoisotopic (exact) mass is 242 g/mol. The van der Waals surface area contributed by atoms with Gasteiger partial charge >= 0.3 is 0 Å². The maximum absolute atomic E-state index is 9.29. The van der Waals surface area contributed by atoms with E-state index in [1.807, 2.05) is 19.2 Å². The summed E-state index contributed by atoms with van der Waals surface area (Å²) in [6.45, 7) is 0.944. The molecule has 0 spiro atoms. The Labute approximate surface area is 108 Å². The van der Waals surface area contributed by atoms with Crippen LogP contribution in [0.5, 0.6) is 0 Å². The van der Waals surface area contributed by atoms with E-state index in [0.717, 1.165) is 24.2 Å². The van der Waals surface area contributed by atoms with Crippen LogP contribution in [0.2, 0.25) is 0 Å². The van der Waals surface area contributed by atoms with Crippen molar-refractivity contribution in [1.82, 2.24) is 4.98 Å². The molecule has 1 heterocycles. The Hall–Kier alpha value is -1.87. The van der Waals surface area contributed by atoms with Crippen molar-refractivity contribution in [1.29, 1.82) is 0 Å². The Morgan fingerprint density at radius 1 is 1.17 bits per heavy atom. The number of rotatable bonds is 5. The summed E-state index contributed by atoms with van der Waals surface area (Å²) in [4.78, 5) is 6.18. The molecule has 0 unspecified atom stereocenters. The summed E-state index contributed by atoms with van der Waals surface area (Å²) in [7, 11) is 2.04. The van der Waals surface area contributed by atoms with Crippen LogP contribution in [0.25, 0.3) is 0 Å². The lowest BCUT2D eigenvalue weighted by atomic mass is 10.1. The minimum absolute atomic E-state index is 0.0266. The Kier molecular flexibility index (Phi) is 4.31. The summed E-state index contributed by atoms with van der Waals surface area (Å²) in [6, 6.07) is 12.3. The molecule has 1 aromatic carbocycles. The van der Waals surface area contributed by atoms with Crippen LogP contribution in [-0.2, 0) is 13.0 Å². The highest BCUT2D eigenvalue weighted by atomic mass is 16.3. The number of likely N-dealkylation sites (N-methyl/N-ethyl adjacent to an activating group) is 1. The third-order valence-corrected chi connectivity index (χ3v) is 3.04. The maximum Gasteiger partial charge on any atom is 0.0717 e. The highest BCUT2D eigenvalue weighted by Crippen LogP contribution is 2.18. The van der Waals surface area contributed by atoms with Crippen molar-refractivity contribution in [3.63, 3.8) is 0 Å². The number of aliphatic hydroxyl groups is 1. The Balaban J connectivity index is 2.01. The molecule has 2 aromatic rings. The number of pyridine rings is 1. The molecule has 1 N–H and O–H groups in total. The fraction of sp³-hybridized carbons (Fsp3) is 0.267. The molecule has 0 saturated carbocycles. The Bertz CT molecular complexity index is 485. The van der Waals surface area contributed by atoms with Crippen LogP contribution in [0, 0.1) is 0 Å². The molecule has 2 rings (SSSR count). The molecule has 0 bridgehead atoms. The summed E-state index contributed by atoms with van der Waals surface area (Å²) >= 11 is 0. The molecule has 0 aliphatic carbocycles. The first-order valence-electron chi connectivity index (χ1n) is 6.10. The van der Waals surface area contributed by atoms with Crippen LogP contribution in [0.4, 0.5) is 5.69 Å². The largest absolute Gasteiger partial charge is 0.392 e. The number of aliphatic hydroxyl groups excluding tert-OH is 1. The van der Waals surface area contributed by atoms with Crippen molar-refractivity contribution >= 4 is 5.69 Å². The molecule has 0 aliphatic heterocycles. The first kappa shape index (κ1) is 12.6. The highest BCUT2D eigenvalue weighted by molar-refractivity contribution is 5.51. The normalized spacial score (nSPS) is 10.3. The summed E-state index contributed by atoms with van der Waals surface area (Å²) in [6.07, 6.45) is 4.46. The number of hydrogen-bond donors (Lipinski definition) is 1.